The van der Waals surface area contributed by atoms with Gasteiger partial charge in [0.1, 0.15) is 0 Å². The van der Waals surface area contributed by atoms with Crippen molar-refractivity contribution in [3.63, 3.8) is 0 Å². The molecule has 1 aromatic heterocycles. The van der Waals surface area contributed by atoms with Crippen molar-refractivity contribution in [2.24, 2.45) is 0 Å². The Morgan fingerprint density at radius 1 is 0.643 bits per heavy atom. The van der Waals surface area contributed by atoms with Crippen molar-refractivity contribution in [1.82, 2.24) is 4.98 Å². The second kappa shape index (κ2) is 3.77. The van der Waals surface area contributed by atoms with Gasteiger partial charge >= 0.3 is 0 Å². The van der Waals surface area contributed by atoms with E-state index in [0.29, 0.717) is 0 Å². The number of rotatable bonds is 0. The molecule has 3 aromatic rings. The molecule has 2 aromatic carbocycles. The number of fused-ring (bicyclic) bond motifs is 3. The second-order valence-corrected chi connectivity index (χ2v) is 3.22. The molecular weight excluding hydrogens is 181 g/mol. The Bertz CT molecular complexity index is 518. The quantitative estimate of drug-likeness (QED) is 0.524. The van der Waals surface area contributed by atoms with Crippen molar-refractivity contribution >= 4 is 51.4 Å². The summed E-state index contributed by atoms with van der Waals surface area (Å²) in [4.78, 5) is 3.38. The van der Waals surface area contributed by atoms with Gasteiger partial charge in [-0.3, -0.25) is 0 Å². The van der Waals surface area contributed by atoms with Gasteiger partial charge in [-0.05, 0) is 12.1 Å². The molecule has 0 atom stereocenters. The summed E-state index contributed by atoms with van der Waals surface area (Å²) in [7, 11) is 0. The van der Waals surface area contributed by atoms with Crippen LogP contribution in [-0.2, 0) is 0 Å². The van der Waals surface area contributed by atoms with Crippen LogP contribution in [0.15, 0.2) is 48.5 Å². The first-order valence-corrected chi connectivity index (χ1v) is 4.40. The Labute approximate surface area is 104 Å². The average molecular weight is 190 g/mol. The van der Waals surface area contributed by atoms with Crippen LogP contribution in [-0.4, -0.2) is 34.5 Å². The summed E-state index contributed by atoms with van der Waals surface area (Å²) in [5.41, 5.74) is 2.42. The topological polar surface area (TPSA) is 15.8 Å². The summed E-state index contributed by atoms with van der Waals surface area (Å²) in [6, 6.07) is 16.8. The third kappa shape index (κ3) is 1.38. The summed E-state index contributed by atoms with van der Waals surface area (Å²) in [6.07, 6.45) is 0. The number of para-hydroxylation sites is 2. The molecule has 0 bridgehead atoms. The maximum absolute atomic E-state index is 3.38. The van der Waals surface area contributed by atoms with E-state index in [1.165, 1.54) is 21.8 Å². The predicted molar refractivity (Wildman–Crippen MR) is 61.6 cm³/mol. The summed E-state index contributed by atoms with van der Waals surface area (Å²) < 4.78 is 0. The molecule has 0 aliphatic rings. The number of hydrogen-bond donors (Lipinski definition) is 1. The van der Waals surface area contributed by atoms with Crippen molar-refractivity contribution in [2.75, 3.05) is 0 Å². The Balaban J connectivity index is 0.000000750. The van der Waals surface area contributed by atoms with Gasteiger partial charge < -0.3 is 4.98 Å². The van der Waals surface area contributed by atoms with Gasteiger partial charge in [0.15, 0.2) is 0 Å². The molecule has 0 spiro atoms. The van der Waals surface area contributed by atoms with E-state index in [1.54, 1.807) is 0 Å². The largest absolute Gasteiger partial charge is 0.355 e. The Morgan fingerprint density at radius 2 is 1.07 bits per heavy atom. The van der Waals surface area contributed by atoms with Crippen molar-refractivity contribution in [3.05, 3.63) is 48.5 Å². The van der Waals surface area contributed by atoms with Gasteiger partial charge in [-0.1, -0.05) is 36.4 Å². The Hall–Kier alpha value is -0.760. The van der Waals surface area contributed by atoms with Crippen LogP contribution >= 0.6 is 0 Å². The van der Waals surface area contributed by atoms with Crippen LogP contribution in [0.25, 0.3) is 21.8 Å². The van der Waals surface area contributed by atoms with E-state index in [9.17, 15) is 0 Å². The van der Waals surface area contributed by atoms with E-state index in [0.717, 1.165) is 0 Å². The zero-order valence-corrected chi connectivity index (χ0v) is 10.1. The SMILES string of the molecule is [Na].c1ccc2c(c1)[nH]c1ccccc12. The molecule has 0 unspecified atom stereocenters. The molecule has 1 radical (unpaired) electrons. The average Bonchev–Trinajstić information content (AvgIpc) is 2.56. The Kier molecular flexibility index (Phi) is 2.64. The van der Waals surface area contributed by atoms with Crippen LogP contribution < -0.4 is 0 Å². The first-order valence-electron chi connectivity index (χ1n) is 4.40. The van der Waals surface area contributed by atoms with Gasteiger partial charge in [0.25, 0.3) is 0 Å². The second-order valence-electron chi connectivity index (χ2n) is 3.22. The maximum atomic E-state index is 3.38. The van der Waals surface area contributed by atoms with Crippen LogP contribution in [0.5, 0.6) is 0 Å². The van der Waals surface area contributed by atoms with Crippen LogP contribution in [0.1, 0.15) is 0 Å². The minimum atomic E-state index is 0. The van der Waals surface area contributed by atoms with Gasteiger partial charge in [-0.25, -0.2) is 0 Å². The molecule has 2 heteroatoms. The van der Waals surface area contributed by atoms with E-state index in [1.807, 2.05) is 0 Å². The minimum absolute atomic E-state index is 0. The van der Waals surface area contributed by atoms with E-state index in [-0.39, 0.29) is 29.6 Å². The summed E-state index contributed by atoms with van der Waals surface area (Å²) in [5, 5.41) is 2.61. The predicted octanol–water partition coefficient (Wildman–Crippen LogP) is 2.94. The summed E-state index contributed by atoms with van der Waals surface area (Å²) >= 11 is 0. The molecule has 0 fully saturated rings. The molecule has 1 nitrogen and oxygen atoms in total. The monoisotopic (exact) mass is 190 g/mol. The third-order valence-corrected chi connectivity index (χ3v) is 2.41. The smallest absolute Gasteiger partial charge is 0.0464 e. The normalized spacial score (nSPS) is 10.3. The number of aromatic nitrogens is 1. The van der Waals surface area contributed by atoms with Gasteiger partial charge in [-0.15, -0.1) is 0 Å². The number of H-pyrrole nitrogens is 1. The molecule has 0 saturated carbocycles. The van der Waals surface area contributed by atoms with E-state index in [4.69, 9.17) is 0 Å². The summed E-state index contributed by atoms with van der Waals surface area (Å²) in [6.45, 7) is 0. The minimum Gasteiger partial charge on any atom is -0.355 e. The van der Waals surface area contributed by atoms with Crippen LogP contribution in [0.2, 0.25) is 0 Å². The fourth-order valence-electron chi connectivity index (χ4n) is 1.80. The molecule has 0 amide bonds. The van der Waals surface area contributed by atoms with Crippen LogP contribution in [0.3, 0.4) is 0 Å². The molecule has 63 valence electrons. The van der Waals surface area contributed by atoms with Crippen molar-refractivity contribution in [2.45, 2.75) is 0 Å². The van der Waals surface area contributed by atoms with Gasteiger partial charge in [0.2, 0.25) is 0 Å². The van der Waals surface area contributed by atoms with Crippen LogP contribution in [0, 0.1) is 0 Å². The zero-order valence-electron chi connectivity index (χ0n) is 8.12. The number of aromatic amines is 1. The molecule has 0 saturated heterocycles. The van der Waals surface area contributed by atoms with Gasteiger partial charge in [-0.2, -0.15) is 0 Å². The van der Waals surface area contributed by atoms with Crippen molar-refractivity contribution in [3.8, 4) is 0 Å². The number of nitrogens with one attached hydrogen (secondary N) is 1. The number of hydrogen-bond acceptors (Lipinski definition) is 0. The molecular formula is C12H9NNa. The fraction of sp³-hybridized carbons (Fsp3) is 0. The third-order valence-electron chi connectivity index (χ3n) is 2.41. The first-order chi connectivity index (χ1) is 6.45. The van der Waals surface area contributed by atoms with E-state index in [2.05, 4.69) is 53.5 Å². The molecule has 3 rings (SSSR count). The standard InChI is InChI=1S/C12H9N.Na/c1-3-7-11-9(5-1)10-6-2-4-8-12(10)13-11;/h1-8,13H;. The van der Waals surface area contributed by atoms with Gasteiger partial charge in [0.05, 0.1) is 0 Å². The molecule has 0 aliphatic carbocycles. The van der Waals surface area contributed by atoms with Gasteiger partial charge in [0, 0.05) is 51.4 Å². The van der Waals surface area contributed by atoms with Crippen LogP contribution in [0.4, 0.5) is 0 Å². The molecule has 0 aliphatic heterocycles. The molecule has 1 heterocycles. The van der Waals surface area contributed by atoms with E-state index < -0.39 is 0 Å². The Morgan fingerprint density at radius 3 is 1.57 bits per heavy atom. The zero-order chi connectivity index (χ0) is 8.67. The summed E-state index contributed by atoms with van der Waals surface area (Å²) in [5.74, 6) is 0. The molecule has 14 heavy (non-hydrogen) atoms. The maximum Gasteiger partial charge on any atom is 0.0464 e. The fourth-order valence-corrected chi connectivity index (χ4v) is 1.80. The first kappa shape index (κ1) is 9.78. The van der Waals surface area contributed by atoms with E-state index >= 15 is 0 Å². The van der Waals surface area contributed by atoms with Crippen molar-refractivity contribution < 1.29 is 0 Å². The molecule has 1 N–H and O–H groups in total. The number of benzene rings is 2. The van der Waals surface area contributed by atoms with Crippen molar-refractivity contribution in [1.29, 1.82) is 0 Å².